The first-order valence-corrected chi connectivity index (χ1v) is 11.1. The van der Waals surface area contributed by atoms with Crippen molar-refractivity contribution in [1.82, 2.24) is 0 Å². The van der Waals surface area contributed by atoms with Crippen molar-refractivity contribution in [1.29, 1.82) is 0 Å². The number of carbonyl (C=O) groups is 2. The summed E-state index contributed by atoms with van der Waals surface area (Å²) in [6.45, 7) is 2.03. The van der Waals surface area contributed by atoms with Gasteiger partial charge in [0.2, 0.25) is 5.91 Å². The number of aliphatic carboxylic acids is 1. The molecule has 0 radical (unpaired) electrons. The third-order valence-corrected chi connectivity index (χ3v) is 7.04. The summed E-state index contributed by atoms with van der Waals surface area (Å²) in [6, 6.07) is 14.7. The highest BCUT2D eigenvalue weighted by molar-refractivity contribution is 7.92. The van der Waals surface area contributed by atoms with Gasteiger partial charge in [-0.15, -0.1) is 0 Å². The van der Waals surface area contributed by atoms with Gasteiger partial charge in [-0.3, -0.25) is 13.9 Å². The van der Waals surface area contributed by atoms with E-state index in [1.165, 1.54) is 28.6 Å². The van der Waals surface area contributed by atoms with Gasteiger partial charge in [0.1, 0.15) is 0 Å². The predicted octanol–water partition coefficient (Wildman–Crippen LogP) is 3.51. The number of carboxylic acid groups (broad SMARTS) is 1. The first-order chi connectivity index (χ1) is 14.3. The van der Waals surface area contributed by atoms with Gasteiger partial charge in [-0.1, -0.05) is 30.4 Å². The van der Waals surface area contributed by atoms with Gasteiger partial charge >= 0.3 is 5.97 Å². The molecule has 0 fully saturated rings. The number of hydrogen-bond acceptors (Lipinski definition) is 4. The van der Waals surface area contributed by atoms with Crippen LogP contribution in [-0.2, 0) is 19.6 Å². The lowest BCUT2D eigenvalue weighted by atomic mass is 9.82. The van der Waals surface area contributed by atoms with Crippen molar-refractivity contribution in [2.45, 2.75) is 24.7 Å². The number of carbonyl (C=O) groups excluding carboxylic acids is 1. The van der Waals surface area contributed by atoms with Crippen molar-refractivity contribution in [2.24, 2.45) is 11.8 Å². The summed E-state index contributed by atoms with van der Waals surface area (Å²) >= 11 is 0. The molecular formula is C22H24N2O5S. The SMILES string of the molecule is CCN(c1ccccc1)S(=O)(=O)c1ccc(NC(=O)C2CC=CCC2C(=O)O)cc1. The van der Waals surface area contributed by atoms with E-state index < -0.39 is 27.8 Å². The van der Waals surface area contributed by atoms with Crippen molar-refractivity contribution in [3.8, 4) is 0 Å². The standard InChI is InChI=1S/C22H24N2O5S/c1-2-24(17-8-4-3-5-9-17)30(28,29)18-14-12-16(13-15-18)23-21(25)19-10-6-7-11-20(19)22(26)27/h3-9,12-15,19-20H,2,10-11H2,1H3,(H,23,25)(H,26,27). The quantitative estimate of drug-likeness (QED) is 0.657. The van der Waals surface area contributed by atoms with Crippen LogP contribution in [0.5, 0.6) is 0 Å². The first kappa shape index (κ1) is 21.6. The summed E-state index contributed by atoms with van der Waals surface area (Å²) < 4.78 is 27.4. The molecule has 0 aromatic heterocycles. The zero-order chi connectivity index (χ0) is 21.7. The number of sulfonamides is 1. The van der Waals surface area contributed by atoms with E-state index >= 15 is 0 Å². The third-order valence-electron chi connectivity index (χ3n) is 5.13. The van der Waals surface area contributed by atoms with E-state index in [-0.39, 0.29) is 17.3 Å². The smallest absolute Gasteiger partial charge is 0.307 e. The van der Waals surface area contributed by atoms with Crippen LogP contribution in [0.3, 0.4) is 0 Å². The van der Waals surface area contributed by atoms with E-state index in [0.29, 0.717) is 24.2 Å². The highest BCUT2D eigenvalue weighted by Gasteiger charge is 2.34. The summed E-state index contributed by atoms with van der Waals surface area (Å²) in [5.41, 5.74) is 0.989. The van der Waals surface area contributed by atoms with Crippen LogP contribution in [0, 0.1) is 11.8 Å². The van der Waals surface area contributed by atoms with Crippen molar-refractivity contribution < 1.29 is 23.1 Å². The maximum atomic E-state index is 13.0. The van der Waals surface area contributed by atoms with Gasteiger partial charge in [0.15, 0.2) is 0 Å². The molecule has 0 bridgehead atoms. The number of rotatable bonds is 7. The normalized spacial score (nSPS) is 18.6. The molecule has 30 heavy (non-hydrogen) atoms. The van der Waals surface area contributed by atoms with Crippen molar-refractivity contribution in [3.05, 3.63) is 66.7 Å². The Kier molecular flexibility index (Phi) is 6.56. The van der Waals surface area contributed by atoms with E-state index in [1.807, 2.05) is 12.1 Å². The average Bonchev–Trinajstić information content (AvgIpc) is 2.75. The van der Waals surface area contributed by atoms with Crippen molar-refractivity contribution in [3.63, 3.8) is 0 Å². The molecule has 1 aliphatic rings. The number of nitrogens with zero attached hydrogens (tertiary/aromatic N) is 1. The molecule has 158 valence electrons. The molecule has 0 spiro atoms. The van der Waals surface area contributed by atoms with Crippen LogP contribution in [0.15, 0.2) is 71.6 Å². The number of anilines is 2. The van der Waals surface area contributed by atoms with Crippen LogP contribution in [0.2, 0.25) is 0 Å². The maximum absolute atomic E-state index is 13.0. The maximum Gasteiger partial charge on any atom is 0.307 e. The Morgan fingerprint density at radius 3 is 2.17 bits per heavy atom. The average molecular weight is 429 g/mol. The predicted molar refractivity (Wildman–Crippen MR) is 115 cm³/mol. The lowest BCUT2D eigenvalue weighted by Gasteiger charge is -2.24. The molecule has 2 aromatic carbocycles. The number of hydrogen-bond donors (Lipinski definition) is 2. The van der Waals surface area contributed by atoms with Crippen LogP contribution in [0.1, 0.15) is 19.8 Å². The van der Waals surface area contributed by atoms with E-state index in [1.54, 1.807) is 37.3 Å². The molecule has 7 nitrogen and oxygen atoms in total. The number of amides is 1. The number of allylic oxidation sites excluding steroid dienone is 2. The summed E-state index contributed by atoms with van der Waals surface area (Å²) in [4.78, 5) is 24.1. The zero-order valence-electron chi connectivity index (χ0n) is 16.6. The fourth-order valence-corrected chi connectivity index (χ4v) is 5.01. The Labute approximate surface area is 176 Å². The van der Waals surface area contributed by atoms with Gasteiger partial charge in [0, 0.05) is 12.2 Å². The fraction of sp³-hybridized carbons (Fsp3) is 0.273. The Morgan fingerprint density at radius 1 is 1.00 bits per heavy atom. The minimum Gasteiger partial charge on any atom is -0.481 e. The topological polar surface area (TPSA) is 104 Å². The number of nitrogens with one attached hydrogen (secondary N) is 1. The molecule has 0 aliphatic heterocycles. The zero-order valence-corrected chi connectivity index (χ0v) is 17.4. The van der Waals surface area contributed by atoms with Gasteiger partial charge < -0.3 is 10.4 Å². The largest absolute Gasteiger partial charge is 0.481 e. The molecule has 8 heteroatoms. The Bertz CT molecular complexity index is 1030. The fourth-order valence-electron chi connectivity index (χ4n) is 3.53. The minimum atomic E-state index is -3.76. The van der Waals surface area contributed by atoms with Gasteiger partial charge in [0.05, 0.1) is 22.4 Å². The molecule has 3 rings (SSSR count). The second-order valence-corrected chi connectivity index (χ2v) is 8.88. The number of benzene rings is 2. The lowest BCUT2D eigenvalue weighted by Crippen LogP contribution is -2.34. The monoisotopic (exact) mass is 428 g/mol. The van der Waals surface area contributed by atoms with Gasteiger partial charge in [-0.2, -0.15) is 0 Å². The second-order valence-electron chi connectivity index (χ2n) is 7.01. The van der Waals surface area contributed by atoms with Crippen LogP contribution in [-0.4, -0.2) is 31.9 Å². The molecule has 1 amide bonds. The summed E-state index contributed by atoms with van der Waals surface area (Å²) in [5.74, 6) is -2.81. The van der Waals surface area contributed by atoms with Crippen LogP contribution in [0.4, 0.5) is 11.4 Å². The molecule has 2 aromatic rings. The molecule has 0 heterocycles. The van der Waals surface area contributed by atoms with Gasteiger partial charge in [0.25, 0.3) is 10.0 Å². The van der Waals surface area contributed by atoms with Crippen molar-refractivity contribution in [2.75, 3.05) is 16.2 Å². The van der Waals surface area contributed by atoms with Crippen LogP contribution in [0.25, 0.3) is 0 Å². The molecule has 1 aliphatic carbocycles. The van der Waals surface area contributed by atoms with E-state index in [2.05, 4.69) is 5.32 Å². The number of para-hydroxylation sites is 1. The van der Waals surface area contributed by atoms with Crippen LogP contribution < -0.4 is 9.62 Å². The van der Waals surface area contributed by atoms with Crippen LogP contribution >= 0.6 is 0 Å². The Morgan fingerprint density at radius 2 is 1.60 bits per heavy atom. The molecule has 0 saturated heterocycles. The van der Waals surface area contributed by atoms with E-state index in [4.69, 9.17) is 0 Å². The summed E-state index contributed by atoms with van der Waals surface area (Å²) in [5, 5.41) is 12.0. The molecule has 2 atom stereocenters. The Hall–Kier alpha value is -3.13. The lowest BCUT2D eigenvalue weighted by molar-refractivity contribution is -0.146. The highest BCUT2D eigenvalue weighted by Crippen LogP contribution is 2.28. The van der Waals surface area contributed by atoms with Gasteiger partial charge in [-0.05, 0) is 56.2 Å². The highest BCUT2D eigenvalue weighted by atomic mass is 32.2. The van der Waals surface area contributed by atoms with E-state index in [0.717, 1.165) is 0 Å². The third kappa shape index (κ3) is 4.54. The van der Waals surface area contributed by atoms with Gasteiger partial charge in [-0.25, -0.2) is 8.42 Å². The summed E-state index contributed by atoms with van der Waals surface area (Å²) in [7, 11) is -3.76. The van der Waals surface area contributed by atoms with E-state index in [9.17, 15) is 23.1 Å². The molecule has 0 saturated carbocycles. The first-order valence-electron chi connectivity index (χ1n) is 9.71. The summed E-state index contributed by atoms with van der Waals surface area (Å²) in [6.07, 6.45) is 4.26. The molecule has 2 unspecified atom stereocenters. The number of carboxylic acids is 1. The van der Waals surface area contributed by atoms with Crippen molar-refractivity contribution >= 4 is 33.3 Å². The minimum absolute atomic E-state index is 0.107. The second kappa shape index (κ2) is 9.13. The Balaban J connectivity index is 1.76. The molecular weight excluding hydrogens is 404 g/mol. The molecule has 2 N–H and O–H groups in total.